The van der Waals surface area contributed by atoms with Gasteiger partial charge in [0.05, 0.1) is 7.11 Å². The molecule has 0 bridgehead atoms. The predicted octanol–water partition coefficient (Wildman–Crippen LogP) is 2.08. The minimum absolute atomic E-state index is 0.125. The van der Waals surface area contributed by atoms with E-state index in [9.17, 15) is 0 Å². The second-order valence-corrected chi connectivity index (χ2v) is 5.48. The second kappa shape index (κ2) is 5.65. The summed E-state index contributed by atoms with van der Waals surface area (Å²) in [5.41, 5.74) is 7.00. The number of thioether (sulfide) groups is 1. The molecule has 0 radical (unpaired) electrons. The Bertz CT molecular complexity index is 378. The van der Waals surface area contributed by atoms with Crippen LogP contribution in [0.25, 0.3) is 0 Å². The summed E-state index contributed by atoms with van der Waals surface area (Å²) in [6.45, 7) is 2.00. The van der Waals surface area contributed by atoms with Crippen molar-refractivity contribution >= 4 is 11.8 Å². The Hall–Kier alpha value is -0.870. The fraction of sp³-hybridized carbons (Fsp3) is 0.538. The lowest BCUT2D eigenvalue weighted by Crippen LogP contribution is -2.31. The number of nitrogens with two attached hydrogens (primary N) is 1. The molecule has 2 N–H and O–H groups in total. The van der Waals surface area contributed by atoms with Gasteiger partial charge in [0.2, 0.25) is 0 Å². The third-order valence-electron chi connectivity index (χ3n) is 2.71. The van der Waals surface area contributed by atoms with Gasteiger partial charge in [-0.2, -0.15) is 11.8 Å². The fourth-order valence-corrected chi connectivity index (χ4v) is 2.38. The summed E-state index contributed by atoms with van der Waals surface area (Å²) in [4.78, 5) is 0. The number of ether oxygens (including phenoxy) is 2. The maximum atomic E-state index is 6.00. The van der Waals surface area contributed by atoms with Crippen LogP contribution in [0.4, 0.5) is 0 Å². The highest BCUT2D eigenvalue weighted by molar-refractivity contribution is 8.00. The topological polar surface area (TPSA) is 44.5 Å². The van der Waals surface area contributed by atoms with Crippen LogP contribution >= 0.6 is 11.8 Å². The van der Waals surface area contributed by atoms with Crippen LogP contribution in [0.3, 0.4) is 0 Å². The minimum atomic E-state index is 0.125. The van der Waals surface area contributed by atoms with Crippen LogP contribution in [0.1, 0.15) is 12.5 Å². The van der Waals surface area contributed by atoms with Gasteiger partial charge < -0.3 is 15.2 Å². The molecule has 0 saturated carbocycles. The van der Waals surface area contributed by atoms with Gasteiger partial charge in [0.1, 0.15) is 6.10 Å². The molecule has 0 aliphatic carbocycles. The maximum absolute atomic E-state index is 6.00. The number of benzene rings is 1. The lowest BCUT2D eigenvalue weighted by atomic mass is 10.1. The van der Waals surface area contributed by atoms with Gasteiger partial charge in [0, 0.05) is 17.5 Å². The standard InChI is InChI=1S/C13H19NO2S/c1-9(14)6-10-4-3-5-12(15-2)13(10)16-11-7-17-8-11/h3-5,9,11H,6-8,14H2,1-2H3. The van der Waals surface area contributed by atoms with Gasteiger partial charge in [0.15, 0.2) is 11.5 Å². The molecular formula is C13H19NO2S. The smallest absolute Gasteiger partial charge is 0.164 e. The summed E-state index contributed by atoms with van der Waals surface area (Å²) in [6.07, 6.45) is 1.13. The Morgan fingerprint density at radius 1 is 1.47 bits per heavy atom. The third kappa shape index (κ3) is 3.07. The fourth-order valence-electron chi connectivity index (χ4n) is 1.81. The molecule has 1 heterocycles. The van der Waals surface area contributed by atoms with Crippen molar-refractivity contribution in [3.8, 4) is 11.5 Å². The predicted molar refractivity (Wildman–Crippen MR) is 72.1 cm³/mol. The summed E-state index contributed by atoms with van der Waals surface area (Å²) in [5.74, 6) is 3.81. The summed E-state index contributed by atoms with van der Waals surface area (Å²) < 4.78 is 11.4. The number of hydrogen-bond acceptors (Lipinski definition) is 4. The average Bonchev–Trinajstić information content (AvgIpc) is 2.23. The first kappa shape index (κ1) is 12.6. The lowest BCUT2D eigenvalue weighted by Gasteiger charge is -2.28. The molecule has 1 saturated heterocycles. The lowest BCUT2D eigenvalue weighted by molar-refractivity contribution is 0.225. The van der Waals surface area contributed by atoms with Crippen molar-refractivity contribution in [3.05, 3.63) is 23.8 Å². The van der Waals surface area contributed by atoms with E-state index in [2.05, 4.69) is 6.07 Å². The molecule has 3 nitrogen and oxygen atoms in total. The van der Waals surface area contributed by atoms with Crippen molar-refractivity contribution in [3.63, 3.8) is 0 Å². The van der Waals surface area contributed by atoms with Gasteiger partial charge >= 0.3 is 0 Å². The Morgan fingerprint density at radius 3 is 2.76 bits per heavy atom. The quantitative estimate of drug-likeness (QED) is 0.872. The van der Waals surface area contributed by atoms with Crippen LogP contribution in [0.5, 0.6) is 11.5 Å². The van der Waals surface area contributed by atoms with Crippen LogP contribution in [0, 0.1) is 0 Å². The van der Waals surface area contributed by atoms with Crippen molar-refractivity contribution in [1.29, 1.82) is 0 Å². The SMILES string of the molecule is COc1cccc(CC(C)N)c1OC1CSC1. The van der Waals surface area contributed by atoms with Crippen molar-refractivity contribution in [2.75, 3.05) is 18.6 Å². The van der Waals surface area contributed by atoms with Gasteiger partial charge in [-0.25, -0.2) is 0 Å². The molecular weight excluding hydrogens is 234 g/mol. The van der Waals surface area contributed by atoms with Crippen molar-refractivity contribution in [2.24, 2.45) is 5.73 Å². The molecule has 1 fully saturated rings. The summed E-state index contributed by atoms with van der Waals surface area (Å²) in [5, 5.41) is 0. The molecule has 0 amide bonds. The monoisotopic (exact) mass is 253 g/mol. The van der Waals surface area contributed by atoms with Crippen LogP contribution in [-0.2, 0) is 6.42 Å². The Morgan fingerprint density at radius 2 is 2.24 bits per heavy atom. The minimum Gasteiger partial charge on any atom is -0.493 e. The van der Waals surface area contributed by atoms with Gasteiger partial charge in [-0.3, -0.25) is 0 Å². The molecule has 1 atom stereocenters. The van der Waals surface area contributed by atoms with Crippen LogP contribution < -0.4 is 15.2 Å². The van der Waals surface area contributed by atoms with Crippen LogP contribution in [0.2, 0.25) is 0 Å². The van der Waals surface area contributed by atoms with Crippen LogP contribution in [0.15, 0.2) is 18.2 Å². The molecule has 1 unspecified atom stereocenters. The summed E-state index contributed by atoms with van der Waals surface area (Å²) in [6, 6.07) is 6.11. The first-order valence-corrected chi connectivity index (χ1v) is 7.02. The van der Waals surface area contributed by atoms with E-state index in [0.717, 1.165) is 35.0 Å². The maximum Gasteiger partial charge on any atom is 0.164 e. The second-order valence-electron chi connectivity index (χ2n) is 4.41. The van der Waals surface area contributed by atoms with Crippen LogP contribution in [-0.4, -0.2) is 30.8 Å². The number of methoxy groups -OCH3 is 1. The summed E-state index contributed by atoms with van der Waals surface area (Å²) >= 11 is 1.91. The Balaban J connectivity index is 2.22. The molecule has 1 aliphatic rings. The first-order valence-electron chi connectivity index (χ1n) is 5.86. The molecule has 17 heavy (non-hydrogen) atoms. The number of para-hydroxylation sites is 1. The first-order chi connectivity index (χ1) is 8.20. The van der Waals surface area contributed by atoms with Crippen molar-refractivity contribution in [2.45, 2.75) is 25.5 Å². The number of hydrogen-bond donors (Lipinski definition) is 1. The molecule has 94 valence electrons. The molecule has 0 aromatic heterocycles. The summed E-state index contributed by atoms with van der Waals surface area (Å²) in [7, 11) is 1.67. The van der Waals surface area contributed by atoms with E-state index in [1.165, 1.54) is 0 Å². The van der Waals surface area contributed by atoms with Gasteiger partial charge in [-0.1, -0.05) is 12.1 Å². The zero-order valence-corrected chi connectivity index (χ0v) is 11.1. The molecule has 1 aromatic carbocycles. The van der Waals surface area contributed by atoms with E-state index in [0.29, 0.717) is 6.10 Å². The van der Waals surface area contributed by atoms with E-state index in [1.54, 1.807) is 7.11 Å². The van der Waals surface area contributed by atoms with E-state index >= 15 is 0 Å². The van der Waals surface area contributed by atoms with E-state index < -0.39 is 0 Å². The molecule has 2 rings (SSSR count). The van der Waals surface area contributed by atoms with Gasteiger partial charge in [-0.15, -0.1) is 0 Å². The third-order valence-corrected chi connectivity index (χ3v) is 3.93. The highest BCUT2D eigenvalue weighted by Gasteiger charge is 2.23. The highest BCUT2D eigenvalue weighted by atomic mass is 32.2. The normalized spacial score (nSPS) is 17.4. The van der Waals surface area contributed by atoms with Crippen molar-refractivity contribution in [1.82, 2.24) is 0 Å². The Labute approximate surface area is 107 Å². The van der Waals surface area contributed by atoms with E-state index in [4.69, 9.17) is 15.2 Å². The van der Waals surface area contributed by atoms with E-state index in [1.807, 2.05) is 30.8 Å². The molecule has 1 aliphatic heterocycles. The zero-order valence-electron chi connectivity index (χ0n) is 10.3. The van der Waals surface area contributed by atoms with E-state index in [-0.39, 0.29) is 6.04 Å². The Kier molecular flexibility index (Phi) is 4.18. The highest BCUT2D eigenvalue weighted by Crippen LogP contribution is 2.35. The molecule has 1 aromatic rings. The molecule has 0 spiro atoms. The number of rotatable bonds is 5. The zero-order chi connectivity index (χ0) is 12.3. The average molecular weight is 253 g/mol. The van der Waals surface area contributed by atoms with Crippen molar-refractivity contribution < 1.29 is 9.47 Å². The van der Waals surface area contributed by atoms with Gasteiger partial charge in [0.25, 0.3) is 0 Å². The largest absolute Gasteiger partial charge is 0.493 e. The van der Waals surface area contributed by atoms with Gasteiger partial charge in [-0.05, 0) is 25.0 Å². The molecule has 4 heteroatoms.